The number of anilines is 1. The molecule has 164 valence electrons. The molecule has 1 fully saturated rings. The van der Waals surface area contributed by atoms with Gasteiger partial charge in [-0.15, -0.1) is 0 Å². The van der Waals surface area contributed by atoms with Gasteiger partial charge in [0, 0.05) is 41.6 Å². The smallest absolute Gasteiger partial charge is 0.312 e. The lowest BCUT2D eigenvalue weighted by Crippen LogP contribution is -2.38. The molecule has 1 saturated heterocycles. The number of esters is 1. The van der Waals surface area contributed by atoms with Crippen LogP contribution in [0.1, 0.15) is 23.5 Å². The fourth-order valence-corrected chi connectivity index (χ4v) is 4.59. The van der Waals surface area contributed by atoms with Gasteiger partial charge in [0.1, 0.15) is 17.3 Å². The van der Waals surface area contributed by atoms with Gasteiger partial charge in [-0.3, -0.25) is 4.79 Å². The van der Waals surface area contributed by atoms with Crippen LogP contribution in [0.15, 0.2) is 36.4 Å². The first-order chi connectivity index (χ1) is 15.7. The molecule has 6 rings (SSSR count). The van der Waals surface area contributed by atoms with E-state index in [1.165, 1.54) is 0 Å². The second-order valence-corrected chi connectivity index (χ2v) is 8.03. The Kier molecular flexibility index (Phi) is 4.53. The maximum atomic E-state index is 12.6. The maximum Gasteiger partial charge on any atom is 0.312 e. The monoisotopic (exact) mass is 434 g/mol. The van der Waals surface area contributed by atoms with E-state index in [0.29, 0.717) is 30.5 Å². The van der Waals surface area contributed by atoms with Crippen molar-refractivity contribution in [3.63, 3.8) is 0 Å². The van der Waals surface area contributed by atoms with E-state index in [9.17, 15) is 4.79 Å². The predicted molar refractivity (Wildman–Crippen MR) is 116 cm³/mol. The van der Waals surface area contributed by atoms with E-state index in [0.717, 1.165) is 46.7 Å². The van der Waals surface area contributed by atoms with Crippen LogP contribution in [-0.4, -0.2) is 51.2 Å². The molecular weight excluding hydrogens is 412 g/mol. The van der Waals surface area contributed by atoms with Crippen molar-refractivity contribution < 1.29 is 28.5 Å². The van der Waals surface area contributed by atoms with Crippen molar-refractivity contribution in [1.29, 1.82) is 0 Å². The van der Waals surface area contributed by atoms with Gasteiger partial charge >= 0.3 is 5.97 Å². The summed E-state index contributed by atoms with van der Waals surface area (Å²) in [5.74, 6) is 2.89. The van der Waals surface area contributed by atoms with Crippen molar-refractivity contribution in [2.75, 3.05) is 45.1 Å². The van der Waals surface area contributed by atoms with Gasteiger partial charge in [-0.1, -0.05) is 0 Å². The van der Waals surface area contributed by atoms with Crippen LogP contribution in [0.4, 0.5) is 5.82 Å². The number of benzene rings is 2. The molecule has 1 aromatic heterocycles. The molecular formula is C24H22N2O6. The summed E-state index contributed by atoms with van der Waals surface area (Å²) >= 11 is 0. The van der Waals surface area contributed by atoms with Crippen LogP contribution < -0.4 is 23.8 Å². The minimum absolute atomic E-state index is 0.160. The molecule has 0 radical (unpaired) electrons. The molecule has 0 bridgehead atoms. The highest BCUT2D eigenvalue weighted by Gasteiger charge is 2.34. The van der Waals surface area contributed by atoms with Crippen molar-refractivity contribution in [3.8, 4) is 23.0 Å². The fourth-order valence-electron chi connectivity index (χ4n) is 4.59. The lowest BCUT2D eigenvalue weighted by atomic mass is 9.85. The highest BCUT2D eigenvalue weighted by Crippen LogP contribution is 2.48. The third-order valence-corrected chi connectivity index (χ3v) is 6.19. The van der Waals surface area contributed by atoms with Crippen LogP contribution in [-0.2, 0) is 9.53 Å². The second-order valence-electron chi connectivity index (χ2n) is 8.03. The van der Waals surface area contributed by atoms with Gasteiger partial charge in [0.05, 0.1) is 32.3 Å². The van der Waals surface area contributed by atoms with E-state index in [1.807, 2.05) is 24.3 Å². The Hall–Kier alpha value is -3.52. The molecule has 32 heavy (non-hydrogen) atoms. The van der Waals surface area contributed by atoms with Gasteiger partial charge in [-0.25, -0.2) is 4.98 Å². The van der Waals surface area contributed by atoms with E-state index in [-0.39, 0.29) is 25.1 Å². The van der Waals surface area contributed by atoms with Crippen molar-refractivity contribution in [2.24, 2.45) is 0 Å². The molecule has 3 aromatic rings. The Morgan fingerprint density at radius 3 is 2.62 bits per heavy atom. The average Bonchev–Trinajstić information content (AvgIpc) is 3.29. The molecule has 0 aliphatic carbocycles. The van der Waals surface area contributed by atoms with Crippen LogP contribution in [0, 0.1) is 0 Å². The van der Waals surface area contributed by atoms with Gasteiger partial charge in [-0.05, 0) is 30.3 Å². The van der Waals surface area contributed by atoms with Crippen molar-refractivity contribution >= 4 is 22.7 Å². The Balaban J connectivity index is 1.55. The summed E-state index contributed by atoms with van der Waals surface area (Å²) < 4.78 is 27.6. The van der Waals surface area contributed by atoms with Crippen LogP contribution in [0.3, 0.4) is 0 Å². The van der Waals surface area contributed by atoms with Gasteiger partial charge < -0.3 is 28.6 Å². The first kappa shape index (κ1) is 19.2. The number of carbonyl (C=O) groups is 1. The highest BCUT2D eigenvalue weighted by atomic mass is 16.7. The quantitative estimate of drug-likeness (QED) is 0.459. The number of fused-ring (bicyclic) bond motifs is 3. The first-order valence-corrected chi connectivity index (χ1v) is 10.7. The number of ether oxygens (including phenoxy) is 5. The van der Waals surface area contributed by atoms with Gasteiger partial charge in [0.25, 0.3) is 0 Å². The minimum atomic E-state index is -0.278. The normalized spacial score (nSPS) is 19.6. The number of rotatable bonds is 3. The van der Waals surface area contributed by atoms with Crippen LogP contribution in [0.2, 0.25) is 0 Å². The predicted octanol–water partition coefficient (Wildman–Crippen LogP) is 3.25. The summed E-state index contributed by atoms with van der Waals surface area (Å²) in [6.07, 6.45) is 0.223. The van der Waals surface area contributed by atoms with Crippen molar-refractivity contribution in [3.05, 3.63) is 47.5 Å². The molecule has 8 heteroatoms. The van der Waals surface area contributed by atoms with Crippen LogP contribution >= 0.6 is 0 Å². The molecule has 2 aromatic carbocycles. The lowest BCUT2D eigenvalue weighted by molar-refractivity contribution is -0.135. The topological polar surface area (TPSA) is 79.4 Å². The molecule has 8 nitrogen and oxygen atoms in total. The molecule has 0 amide bonds. The average molecular weight is 434 g/mol. The SMILES string of the molecule is COc1ccc2nc(N3CCOCC3)c([C@@H]3CC(=O)Oc4cc5c(cc43)OCO5)cc2c1. The standard InChI is InChI=1S/C24H22N2O6/c1-28-15-2-3-19-14(8-15)9-18(24(25-19)26-4-6-29-7-5-26)16-11-23(27)32-20-12-22-21(10-17(16)20)30-13-31-22/h2-3,8-10,12,16H,4-7,11,13H2,1H3/t16-/m1/s1. The van der Waals surface area contributed by atoms with Gasteiger partial charge in [-0.2, -0.15) is 0 Å². The molecule has 4 heterocycles. The Morgan fingerprint density at radius 2 is 1.81 bits per heavy atom. The van der Waals surface area contributed by atoms with E-state index < -0.39 is 0 Å². The zero-order valence-electron chi connectivity index (χ0n) is 17.6. The maximum absolute atomic E-state index is 12.6. The summed E-state index contributed by atoms with van der Waals surface area (Å²) in [4.78, 5) is 19.9. The summed E-state index contributed by atoms with van der Waals surface area (Å²) in [5.41, 5.74) is 2.75. The van der Waals surface area contributed by atoms with E-state index >= 15 is 0 Å². The first-order valence-electron chi connectivity index (χ1n) is 10.7. The zero-order valence-corrected chi connectivity index (χ0v) is 17.6. The second kappa shape index (κ2) is 7.56. The Morgan fingerprint density at radius 1 is 1.00 bits per heavy atom. The molecule has 3 aliphatic rings. The molecule has 1 atom stereocenters. The molecule has 0 saturated carbocycles. The van der Waals surface area contributed by atoms with E-state index in [4.69, 9.17) is 28.7 Å². The van der Waals surface area contributed by atoms with E-state index in [1.54, 1.807) is 13.2 Å². The van der Waals surface area contributed by atoms with Gasteiger partial charge in [0.2, 0.25) is 6.79 Å². The number of hydrogen-bond donors (Lipinski definition) is 0. The summed E-state index contributed by atoms with van der Waals surface area (Å²) in [5, 5.41) is 0.956. The van der Waals surface area contributed by atoms with E-state index in [2.05, 4.69) is 11.0 Å². The number of morpholine rings is 1. The third kappa shape index (κ3) is 3.18. The molecule has 0 unspecified atom stereocenters. The molecule has 3 aliphatic heterocycles. The van der Waals surface area contributed by atoms with Crippen LogP contribution in [0.25, 0.3) is 10.9 Å². The fraction of sp³-hybridized carbons (Fsp3) is 0.333. The zero-order chi connectivity index (χ0) is 21.7. The number of hydrogen-bond acceptors (Lipinski definition) is 8. The summed E-state index contributed by atoms with van der Waals surface area (Å²) in [7, 11) is 1.65. The van der Waals surface area contributed by atoms with Crippen molar-refractivity contribution in [2.45, 2.75) is 12.3 Å². The lowest BCUT2D eigenvalue weighted by Gasteiger charge is -2.33. The third-order valence-electron chi connectivity index (χ3n) is 6.19. The Bertz CT molecular complexity index is 1220. The van der Waals surface area contributed by atoms with Gasteiger partial charge in [0.15, 0.2) is 11.5 Å². The number of methoxy groups -OCH3 is 1. The summed E-state index contributed by atoms with van der Waals surface area (Å²) in [6.45, 7) is 2.93. The highest BCUT2D eigenvalue weighted by molar-refractivity contribution is 5.85. The number of nitrogens with zero attached hydrogens (tertiary/aromatic N) is 2. The molecule has 0 N–H and O–H groups in total. The Labute approximate surface area is 184 Å². The minimum Gasteiger partial charge on any atom is -0.497 e. The molecule has 0 spiro atoms. The number of aromatic nitrogens is 1. The number of pyridine rings is 1. The summed E-state index contributed by atoms with van der Waals surface area (Å²) in [6, 6.07) is 11.6. The van der Waals surface area contributed by atoms with Crippen molar-refractivity contribution in [1.82, 2.24) is 4.98 Å². The largest absolute Gasteiger partial charge is 0.497 e. The van der Waals surface area contributed by atoms with Crippen LogP contribution in [0.5, 0.6) is 23.0 Å². The number of carbonyl (C=O) groups excluding carboxylic acids is 1.